The number of carbonyl (C=O) groups excluding carboxylic acids is 2. The van der Waals surface area contributed by atoms with E-state index in [0.717, 1.165) is 109 Å². The Morgan fingerprint density at radius 3 is 1.43 bits per heavy atom. The first kappa shape index (κ1) is 56.8. The predicted molar refractivity (Wildman–Crippen MR) is 259 cm³/mol. The highest BCUT2D eigenvalue weighted by Crippen LogP contribution is 2.17. The van der Waals surface area contributed by atoms with Gasteiger partial charge in [-0.05, 0) is 64.2 Å². The van der Waals surface area contributed by atoms with Crippen molar-refractivity contribution >= 4 is 11.9 Å². The standard InChI is InChI=1S/C54H91NO5/c1-4-7-10-13-16-19-22-24-25-26-27-28-30-32-35-38-41-44-47-54(59)60-50(45-42-39-36-33-31-29-23-20-17-14-11-8-5-2)48-53(58)55-51(49-56)52(57)46-43-40-37-34-21-18-15-12-9-6-3/h8,10-11,13-14,16-17,19-20,22-28,50-52,56-57H,4-7,9,12,15,18,21,29-49H2,1-3H3,(H,55,58)/b11-8+,13-10+,17-14+,19-16+,23-20+,24-22+,26-25+,28-27+. The van der Waals surface area contributed by atoms with Crippen LogP contribution in [0.15, 0.2) is 97.2 Å². The molecule has 3 unspecified atom stereocenters. The maximum Gasteiger partial charge on any atom is 0.306 e. The van der Waals surface area contributed by atoms with Crippen molar-refractivity contribution in [2.75, 3.05) is 6.61 Å². The second-order valence-electron chi connectivity index (χ2n) is 16.3. The zero-order chi connectivity index (χ0) is 43.8. The number of ether oxygens (including phenoxy) is 1. The van der Waals surface area contributed by atoms with E-state index in [1.165, 1.54) is 51.4 Å². The van der Waals surface area contributed by atoms with Gasteiger partial charge in [-0.25, -0.2) is 0 Å². The third kappa shape index (κ3) is 41.5. The summed E-state index contributed by atoms with van der Waals surface area (Å²) in [6.45, 7) is 6.22. The summed E-state index contributed by atoms with van der Waals surface area (Å²) in [5, 5.41) is 23.7. The van der Waals surface area contributed by atoms with Gasteiger partial charge in [-0.2, -0.15) is 0 Å². The molecule has 3 atom stereocenters. The van der Waals surface area contributed by atoms with Gasteiger partial charge in [0.2, 0.25) is 5.91 Å². The quantitative estimate of drug-likeness (QED) is 0.0323. The van der Waals surface area contributed by atoms with Gasteiger partial charge in [-0.3, -0.25) is 9.59 Å². The number of unbranched alkanes of at least 4 members (excludes halogenated alkanes) is 20. The minimum absolute atomic E-state index is 0.0474. The van der Waals surface area contributed by atoms with Gasteiger partial charge in [0, 0.05) is 6.42 Å². The molecule has 6 heteroatoms. The number of aliphatic hydroxyl groups is 2. The first-order valence-corrected chi connectivity index (χ1v) is 24.6. The molecule has 0 aliphatic rings. The van der Waals surface area contributed by atoms with Crippen molar-refractivity contribution in [2.45, 2.75) is 225 Å². The summed E-state index contributed by atoms with van der Waals surface area (Å²) >= 11 is 0. The number of allylic oxidation sites excluding steroid dienone is 16. The number of nitrogens with one attached hydrogen (secondary N) is 1. The molecule has 0 heterocycles. The average molecular weight is 834 g/mol. The maximum atomic E-state index is 13.2. The van der Waals surface area contributed by atoms with Crippen molar-refractivity contribution in [3.63, 3.8) is 0 Å². The summed E-state index contributed by atoms with van der Waals surface area (Å²) in [5.41, 5.74) is 0. The van der Waals surface area contributed by atoms with Crippen molar-refractivity contribution in [1.82, 2.24) is 5.32 Å². The van der Waals surface area contributed by atoms with Gasteiger partial charge in [0.25, 0.3) is 0 Å². The molecular formula is C54H91NO5. The van der Waals surface area contributed by atoms with Crippen LogP contribution in [-0.2, 0) is 14.3 Å². The van der Waals surface area contributed by atoms with Crippen molar-refractivity contribution in [2.24, 2.45) is 0 Å². The van der Waals surface area contributed by atoms with E-state index in [1.807, 2.05) is 24.3 Å². The fourth-order valence-electron chi connectivity index (χ4n) is 6.87. The second-order valence-corrected chi connectivity index (χ2v) is 16.3. The Morgan fingerprint density at radius 1 is 0.500 bits per heavy atom. The molecule has 0 radical (unpaired) electrons. The van der Waals surface area contributed by atoms with Gasteiger partial charge in [0.15, 0.2) is 0 Å². The number of amides is 1. The Balaban J connectivity index is 4.68. The largest absolute Gasteiger partial charge is 0.462 e. The average Bonchev–Trinajstić information content (AvgIpc) is 3.24. The number of hydrogen-bond donors (Lipinski definition) is 3. The van der Waals surface area contributed by atoms with E-state index in [9.17, 15) is 19.8 Å². The molecule has 0 spiro atoms. The molecule has 60 heavy (non-hydrogen) atoms. The molecule has 3 N–H and O–H groups in total. The van der Waals surface area contributed by atoms with Gasteiger partial charge in [0.1, 0.15) is 6.10 Å². The summed E-state index contributed by atoms with van der Waals surface area (Å²) in [7, 11) is 0. The Morgan fingerprint density at radius 2 is 0.933 bits per heavy atom. The highest BCUT2D eigenvalue weighted by molar-refractivity contribution is 5.77. The van der Waals surface area contributed by atoms with Crippen molar-refractivity contribution in [3.8, 4) is 0 Å². The normalized spacial score (nSPS) is 14.2. The number of rotatable bonds is 42. The van der Waals surface area contributed by atoms with Crippen molar-refractivity contribution in [3.05, 3.63) is 97.2 Å². The lowest BCUT2D eigenvalue weighted by molar-refractivity contribution is -0.151. The summed E-state index contributed by atoms with van der Waals surface area (Å²) in [6.07, 6.45) is 61.7. The van der Waals surface area contributed by atoms with E-state index in [2.05, 4.69) is 99.0 Å². The molecule has 0 aromatic carbocycles. The molecule has 1 amide bonds. The summed E-state index contributed by atoms with van der Waals surface area (Å²) in [5.74, 6) is -0.533. The lowest BCUT2D eigenvalue weighted by Crippen LogP contribution is -2.46. The zero-order valence-corrected chi connectivity index (χ0v) is 38.8. The lowest BCUT2D eigenvalue weighted by Gasteiger charge is -2.24. The minimum atomic E-state index is -0.802. The molecule has 6 nitrogen and oxygen atoms in total. The third-order valence-corrected chi connectivity index (χ3v) is 10.6. The molecule has 0 bridgehead atoms. The Bertz CT molecular complexity index is 1210. The molecule has 0 saturated carbocycles. The molecule has 0 aliphatic carbocycles. The van der Waals surface area contributed by atoms with Gasteiger partial charge >= 0.3 is 5.97 Å². The van der Waals surface area contributed by atoms with Crippen LogP contribution in [0.25, 0.3) is 0 Å². The van der Waals surface area contributed by atoms with Crippen LogP contribution in [-0.4, -0.2) is 46.9 Å². The van der Waals surface area contributed by atoms with Crippen molar-refractivity contribution in [1.29, 1.82) is 0 Å². The van der Waals surface area contributed by atoms with E-state index in [4.69, 9.17) is 4.74 Å². The number of aliphatic hydroxyl groups excluding tert-OH is 2. The van der Waals surface area contributed by atoms with Crippen LogP contribution in [0.5, 0.6) is 0 Å². The first-order valence-electron chi connectivity index (χ1n) is 24.6. The van der Waals surface area contributed by atoms with Gasteiger partial charge in [0.05, 0.1) is 25.2 Å². The fourth-order valence-corrected chi connectivity index (χ4v) is 6.87. The zero-order valence-electron chi connectivity index (χ0n) is 38.8. The van der Waals surface area contributed by atoms with Crippen LogP contribution in [0.1, 0.15) is 207 Å². The van der Waals surface area contributed by atoms with Crippen LogP contribution in [0.3, 0.4) is 0 Å². The summed E-state index contributed by atoms with van der Waals surface area (Å²) < 4.78 is 5.90. The molecular weight excluding hydrogens is 743 g/mol. The lowest BCUT2D eigenvalue weighted by atomic mass is 10.0. The van der Waals surface area contributed by atoms with Crippen LogP contribution < -0.4 is 5.32 Å². The van der Waals surface area contributed by atoms with E-state index in [-0.39, 0.29) is 24.9 Å². The molecule has 342 valence electrons. The number of hydrogen-bond acceptors (Lipinski definition) is 5. The Hall–Kier alpha value is -3.22. The highest BCUT2D eigenvalue weighted by Gasteiger charge is 2.24. The molecule has 0 aromatic heterocycles. The maximum absolute atomic E-state index is 13.2. The molecule has 0 saturated heterocycles. The Kier molecular flexibility index (Phi) is 44.3. The topological polar surface area (TPSA) is 95.9 Å². The van der Waals surface area contributed by atoms with Crippen LogP contribution in [0.4, 0.5) is 0 Å². The third-order valence-electron chi connectivity index (χ3n) is 10.6. The molecule has 0 fully saturated rings. The number of carbonyl (C=O) groups is 2. The second kappa shape index (κ2) is 46.8. The van der Waals surface area contributed by atoms with Crippen molar-refractivity contribution < 1.29 is 24.5 Å². The predicted octanol–water partition coefficient (Wildman–Crippen LogP) is 14.6. The molecule has 0 rings (SSSR count). The van der Waals surface area contributed by atoms with E-state index >= 15 is 0 Å². The van der Waals surface area contributed by atoms with Gasteiger partial charge in [-0.15, -0.1) is 0 Å². The van der Waals surface area contributed by atoms with Gasteiger partial charge < -0.3 is 20.3 Å². The first-order chi connectivity index (χ1) is 29.5. The van der Waals surface area contributed by atoms with Crippen LogP contribution in [0, 0.1) is 0 Å². The van der Waals surface area contributed by atoms with Gasteiger partial charge in [-0.1, -0.05) is 227 Å². The van der Waals surface area contributed by atoms with Crippen LogP contribution >= 0.6 is 0 Å². The van der Waals surface area contributed by atoms with E-state index in [0.29, 0.717) is 19.3 Å². The SMILES string of the molecule is CC/C=C/C=C/C=C/CCCCCCCC(CC(=O)NC(CO)C(O)CCCCCCCCCCCC)OC(=O)CCCCCCC/C=C/C=C/C=C/C=C/C=C/CCC. The molecule has 0 aromatic rings. The van der Waals surface area contributed by atoms with E-state index < -0.39 is 18.2 Å². The van der Waals surface area contributed by atoms with E-state index in [1.54, 1.807) is 0 Å². The monoisotopic (exact) mass is 834 g/mol. The minimum Gasteiger partial charge on any atom is -0.462 e. The van der Waals surface area contributed by atoms with Crippen LogP contribution in [0.2, 0.25) is 0 Å². The fraction of sp³-hybridized carbons (Fsp3) is 0.667. The summed E-state index contributed by atoms with van der Waals surface area (Å²) in [6, 6.07) is -0.718. The smallest absolute Gasteiger partial charge is 0.306 e. The summed E-state index contributed by atoms with van der Waals surface area (Å²) in [4.78, 5) is 26.1. The molecule has 0 aliphatic heterocycles. The highest BCUT2D eigenvalue weighted by atomic mass is 16.5. The Labute approximate surface area is 369 Å². The number of esters is 1.